The molecule has 0 spiro atoms. The molecule has 194 valence electrons. The maximum atomic E-state index is 13.5. The lowest BCUT2D eigenvalue weighted by molar-refractivity contribution is -0.121. The van der Waals surface area contributed by atoms with E-state index >= 15 is 0 Å². The van der Waals surface area contributed by atoms with Crippen molar-refractivity contribution in [1.29, 1.82) is 0 Å². The van der Waals surface area contributed by atoms with Gasteiger partial charge in [-0.25, -0.2) is 0 Å². The number of rotatable bonds is 9. The minimum Gasteiger partial charge on any atom is -0.495 e. The van der Waals surface area contributed by atoms with Gasteiger partial charge in [-0.2, -0.15) is 0 Å². The Morgan fingerprint density at radius 3 is 2.63 bits per heavy atom. The van der Waals surface area contributed by atoms with E-state index in [0.717, 1.165) is 39.9 Å². The van der Waals surface area contributed by atoms with Crippen molar-refractivity contribution in [3.8, 4) is 16.9 Å². The Kier molecular flexibility index (Phi) is 7.51. The first kappa shape index (κ1) is 25.6. The van der Waals surface area contributed by atoms with Crippen molar-refractivity contribution < 1.29 is 14.4 Å². The lowest BCUT2D eigenvalue weighted by atomic mass is 9.95. The standard InChI is InChI=1S/C29H27ClN4O4/c1-3-4-26(27(35)14-18-5-8-24-25(13-18)32-11-10-31-24)34-17-28(37-2)22(16-29(34)36)21-15-19(30)6-7-20(21)23-9-12-38-33-23/h5-8,10-11,13,15-17,26H,3-4,9,12,14H2,1-2H3. The van der Waals surface area contributed by atoms with Crippen molar-refractivity contribution >= 4 is 34.1 Å². The summed E-state index contributed by atoms with van der Waals surface area (Å²) in [7, 11) is 1.54. The molecule has 9 heteroatoms. The molecule has 0 radical (unpaired) electrons. The summed E-state index contributed by atoms with van der Waals surface area (Å²) in [5, 5.41) is 4.67. The van der Waals surface area contributed by atoms with Crippen LogP contribution in [0.25, 0.3) is 22.2 Å². The number of methoxy groups -OCH3 is 1. The first-order valence-electron chi connectivity index (χ1n) is 12.5. The number of hydrogen-bond donors (Lipinski definition) is 0. The van der Waals surface area contributed by atoms with Gasteiger partial charge >= 0.3 is 0 Å². The van der Waals surface area contributed by atoms with Gasteiger partial charge in [0.2, 0.25) is 0 Å². The molecule has 2 aromatic heterocycles. The molecule has 0 saturated carbocycles. The normalized spacial score (nSPS) is 13.7. The van der Waals surface area contributed by atoms with Crippen LogP contribution in [0, 0.1) is 0 Å². The van der Waals surface area contributed by atoms with Gasteiger partial charge in [-0.15, -0.1) is 0 Å². The Hall–Kier alpha value is -4.04. The van der Waals surface area contributed by atoms with Crippen LogP contribution in [0.3, 0.4) is 0 Å². The zero-order valence-corrected chi connectivity index (χ0v) is 21.9. The second kappa shape index (κ2) is 11.1. The van der Waals surface area contributed by atoms with Gasteiger partial charge in [0.25, 0.3) is 5.56 Å². The van der Waals surface area contributed by atoms with E-state index in [4.69, 9.17) is 21.2 Å². The summed E-state index contributed by atoms with van der Waals surface area (Å²) < 4.78 is 7.21. The van der Waals surface area contributed by atoms with Crippen LogP contribution in [-0.2, 0) is 16.1 Å². The van der Waals surface area contributed by atoms with Crippen LogP contribution in [0.4, 0.5) is 0 Å². The number of benzene rings is 2. The molecule has 1 atom stereocenters. The molecule has 4 aromatic rings. The minimum atomic E-state index is -0.639. The Morgan fingerprint density at radius 1 is 1.08 bits per heavy atom. The van der Waals surface area contributed by atoms with E-state index in [1.54, 1.807) is 37.8 Å². The molecule has 0 saturated heterocycles. The maximum Gasteiger partial charge on any atom is 0.252 e. The number of fused-ring (bicyclic) bond motifs is 1. The number of ketones is 1. The van der Waals surface area contributed by atoms with Gasteiger partial charge in [-0.1, -0.05) is 42.2 Å². The van der Waals surface area contributed by atoms with Gasteiger partial charge in [-0.05, 0) is 41.8 Å². The fourth-order valence-corrected chi connectivity index (χ4v) is 4.97. The number of carbonyl (C=O) groups excluding carboxylic acids is 1. The number of carbonyl (C=O) groups is 1. The van der Waals surface area contributed by atoms with E-state index in [9.17, 15) is 9.59 Å². The van der Waals surface area contributed by atoms with Crippen LogP contribution in [0.15, 0.2) is 71.0 Å². The van der Waals surface area contributed by atoms with Crippen LogP contribution < -0.4 is 10.3 Å². The molecular formula is C29H27ClN4O4. The first-order valence-corrected chi connectivity index (χ1v) is 12.9. The molecule has 2 aromatic carbocycles. The summed E-state index contributed by atoms with van der Waals surface area (Å²) in [4.78, 5) is 40.9. The van der Waals surface area contributed by atoms with Crippen molar-refractivity contribution in [3.63, 3.8) is 0 Å². The number of halogens is 1. The number of pyridine rings is 1. The topological polar surface area (TPSA) is 95.7 Å². The third kappa shape index (κ3) is 5.17. The predicted octanol–water partition coefficient (Wildman–Crippen LogP) is 5.40. The quantitative estimate of drug-likeness (QED) is 0.287. The molecular weight excluding hydrogens is 504 g/mol. The average molecular weight is 531 g/mol. The van der Waals surface area contributed by atoms with Crippen LogP contribution >= 0.6 is 11.6 Å². The first-order chi connectivity index (χ1) is 18.5. The van der Waals surface area contributed by atoms with Crippen LogP contribution in [-0.4, -0.2) is 39.7 Å². The van der Waals surface area contributed by atoms with Crippen molar-refractivity contribution in [3.05, 3.63) is 87.6 Å². The van der Waals surface area contributed by atoms with E-state index in [-0.39, 0.29) is 17.8 Å². The van der Waals surface area contributed by atoms with Crippen molar-refractivity contribution in [2.24, 2.45) is 5.16 Å². The van der Waals surface area contributed by atoms with Crippen LogP contribution in [0.2, 0.25) is 5.02 Å². The SMILES string of the molecule is CCCC(C(=O)Cc1ccc2nccnc2c1)n1cc(OC)c(-c2cc(Cl)ccc2C2=NOCC2)cc1=O. The van der Waals surface area contributed by atoms with E-state index in [1.165, 1.54) is 10.6 Å². The number of hydrogen-bond acceptors (Lipinski definition) is 7. The van der Waals surface area contributed by atoms with Gasteiger partial charge in [0.15, 0.2) is 5.78 Å². The summed E-state index contributed by atoms with van der Waals surface area (Å²) in [6.07, 6.45) is 6.96. The molecule has 0 bridgehead atoms. The lowest BCUT2D eigenvalue weighted by Gasteiger charge is -2.21. The zero-order chi connectivity index (χ0) is 26.6. The monoisotopic (exact) mass is 530 g/mol. The second-order valence-electron chi connectivity index (χ2n) is 9.14. The fraction of sp³-hybridized carbons (Fsp3) is 0.276. The molecule has 0 N–H and O–H groups in total. The largest absolute Gasteiger partial charge is 0.495 e. The van der Waals surface area contributed by atoms with Crippen LogP contribution in [0.5, 0.6) is 5.75 Å². The highest BCUT2D eigenvalue weighted by atomic mass is 35.5. The number of aromatic nitrogens is 3. The summed E-state index contributed by atoms with van der Waals surface area (Å²) >= 11 is 6.34. The molecule has 1 aliphatic rings. The van der Waals surface area contributed by atoms with Gasteiger partial charge in [0.1, 0.15) is 12.4 Å². The molecule has 5 rings (SSSR count). The number of ether oxygens (including phenoxy) is 1. The smallest absolute Gasteiger partial charge is 0.252 e. The Bertz CT molecular complexity index is 1600. The number of Topliss-reactive ketones (excluding diaryl/α,β-unsaturated/α-hetero) is 1. The Labute approximate surface area is 224 Å². The summed E-state index contributed by atoms with van der Waals surface area (Å²) in [6, 6.07) is 11.9. The Morgan fingerprint density at radius 2 is 1.89 bits per heavy atom. The summed E-state index contributed by atoms with van der Waals surface area (Å²) in [5.41, 5.74) is 4.92. The van der Waals surface area contributed by atoms with Gasteiger partial charge in [0.05, 0.1) is 36.1 Å². The zero-order valence-electron chi connectivity index (χ0n) is 21.2. The van der Waals surface area contributed by atoms with E-state index in [2.05, 4.69) is 15.1 Å². The second-order valence-corrected chi connectivity index (χ2v) is 9.58. The Balaban J connectivity index is 1.52. The third-order valence-electron chi connectivity index (χ3n) is 6.63. The third-order valence-corrected chi connectivity index (χ3v) is 6.87. The molecule has 38 heavy (non-hydrogen) atoms. The van der Waals surface area contributed by atoms with Crippen molar-refractivity contribution in [1.82, 2.24) is 14.5 Å². The highest BCUT2D eigenvalue weighted by molar-refractivity contribution is 6.31. The fourth-order valence-electron chi connectivity index (χ4n) is 4.80. The van der Waals surface area contributed by atoms with Gasteiger partial charge in [-0.3, -0.25) is 19.6 Å². The highest BCUT2D eigenvalue weighted by Crippen LogP contribution is 2.35. The summed E-state index contributed by atoms with van der Waals surface area (Å²) in [5.74, 6) is 0.399. The molecule has 0 aliphatic carbocycles. The highest BCUT2D eigenvalue weighted by Gasteiger charge is 2.25. The van der Waals surface area contributed by atoms with Crippen molar-refractivity contribution in [2.75, 3.05) is 13.7 Å². The molecule has 1 aliphatic heterocycles. The molecule has 3 heterocycles. The summed E-state index contributed by atoms with van der Waals surface area (Å²) in [6.45, 7) is 2.49. The molecule has 0 fully saturated rings. The van der Waals surface area contributed by atoms with E-state index < -0.39 is 6.04 Å². The van der Waals surface area contributed by atoms with Crippen molar-refractivity contribution in [2.45, 2.75) is 38.6 Å². The number of nitrogens with zero attached hydrogens (tertiary/aromatic N) is 4. The molecule has 8 nitrogen and oxygen atoms in total. The molecule has 0 amide bonds. The van der Waals surface area contributed by atoms with Crippen LogP contribution in [0.1, 0.15) is 43.4 Å². The average Bonchev–Trinajstić information content (AvgIpc) is 3.46. The predicted molar refractivity (Wildman–Crippen MR) is 147 cm³/mol. The van der Waals surface area contributed by atoms with Gasteiger partial charge < -0.3 is 14.1 Å². The lowest BCUT2D eigenvalue weighted by Crippen LogP contribution is -2.30. The van der Waals surface area contributed by atoms with E-state index in [0.29, 0.717) is 35.8 Å². The van der Waals surface area contributed by atoms with Gasteiger partial charge in [0, 0.05) is 47.5 Å². The maximum absolute atomic E-state index is 13.5. The number of oxime groups is 1. The van der Waals surface area contributed by atoms with E-state index in [1.807, 2.05) is 31.2 Å². The minimum absolute atomic E-state index is 0.0621. The molecule has 1 unspecified atom stereocenters.